The van der Waals surface area contributed by atoms with E-state index in [0.29, 0.717) is 11.2 Å². The number of hydrogen-bond acceptors (Lipinski definition) is 4. The quantitative estimate of drug-likeness (QED) is 0.855. The van der Waals surface area contributed by atoms with Gasteiger partial charge >= 0.3 is 0 Å². The fourth-order valence-corrected chi connectivity index (χ4v) is 3.16. The van der Waals surface area contributed by atoms with Gasteiger partial charge in [-0.2, -0.15) is 0 Å². The standard InChI is InChI=1S/C18H19N3S/c19-18-21-13-17(22-18)9-5-4-8-16-12-15(10-11-20-16)14-6-2-1-3-7-14/h1-3,6-7,10,13,16,20H,4,8,11-12H2,(H2,19,21). The van der Waals surface area contributed by atoms with Crippen molar-refractivity contribution in [3.05, 3.63) is 53.0 Å². The summed E-state index contributed by atoms with van der Waals surface area (Å²) in [6.45, 7) is 0.938. The Morgan fingerprint density at radius 3 is 2.95 bits per heavy atom. The summed E-state index contributed by atoms with van der Waals surface area (Å²) in [6.07, 6.45) is 7.04. The van der Waals surface area contributed by atoms with Crippen molar-refractivity contribution < 1.29 is 0 Å². The molecule has 1 aliphatic heterocycles. The molecule has 3 rings (SSSR count). The number of nitrogens with zero attached hydrogens (tertiary/aromatic N) is 1. The molecule has 1 aliphatic rings. The maximum absolute atomic E-state index is 5.59. The van der Waals surface area contributed by atoms with Gasteiger partial charge in [-0.15, -0.1) is 0 Å². The Morgan fingerprint density at radius 2 is 2.18 bits per heavy atom. The average molecular weight is 309 g/mol. The molecule has 22 heavy (non-hydrogen) atoms. The normalized spacial score (nSPS) is 17.5. The molecule has 0 saturated carbocycles. The second-order valence-corrected chi connectivity index (χ2v) is 6.37. The SMILES string of the molecule is Nc1ncc(C#CCCC2CC(c3ccccc3)=CCN2)s1. The summed E-state index contributed by atoms with van der Waals surface area (Å²) in [6, 6.07) is 11.1. The second-order valence-electron chi connectivity index (χ2n) is 5.31. The fraction of sp³-hybridized carbons (Fsp3) is 0.278. The molecule has 1 aromatic heterocycles. The monoisotopic (exact) mass is 309 g/mol. The van der Waals surface area contributed by atoms with E-state index >= 15 is 0 Å². The molecule has 0 saturated heterocycles. The van der Waals surface area contributed by atoms with Crippen LogP contribution in [0.4, 0.5) is 5.13 Å². The molecule has 3 nitrogen and oxygen atoms in total. The predicted molar refractivity (Wildman–Crippen MR) is 93.5 cm³/mol. The molecule has 0 amide bonds. The topological polar surface area (TPSA) is 50.9 Å². The molecule has 3 N–H and O–H groups in total. The van der Waals surface area contributed by atoms with Crippen molar-refractivity contribution in [3.8, 4) is 11.8 Å². The highest BCUT2D eigenvalue weighted by atomic mass is 32.1. The number of nitrogens with two attached hydrogens (primary N) is 1. The summed E-state index contributed by atoms with van der Waals surface area (Å²) >= 11 is 1.44. The first-order valence-corrected chi connectivity index (χ1v) is 8.31. The van der Waals surface area contributed by atoms with Crippen molar-refractivity contribution in [2.75, 3.05) is 12.3 Å². The van der Waals surface area contributed by atoms with E-state index in [4.69, 9.17) is 5.73 Å². The van der Waals surface area contributed by atoms with E-state index < -0.39 is 0 Å². The average Bonchev–Trinajstić information content (AvgIpc) is 2.98. The molecule has 1 atom stereocenters. The number of aromatic nitrogens is 1. The minimum atomic E-state index is 0.501. The van der Waals surface area contributed by atoms with Gasteiger partial charge in [0.2, 0.25) is 0 Å². The van der Waals surface area contributed by atoms with Crippen molar-refractivity contribution in [2.45, 2.75) is 25.3 Å². The van der Waals surface area contributed by atoms with Gasteiger partial charge in [0, 0.05) is 19.0 Å². The number of nitrogen functional groups attached to an aromatic ring is 1. The van der Waals surface area contributed by atoms with Crippen LogP contribution in [0.5, 0.6) is 0 Å². The number of thiazole rings is 1. The molecular weight excluding hydrogens is 290 g/mol. The Morgan fingerprint density at radius 1 is 1.32 bits per heavy atom. The largest absolute Gasteiger partial charge is 0.375 e. The second kappa shape index (κ2) is 7.26. The summed E-state index contributed by atoms with van der Waals surface area (Å²) < 4.78 is 0. The van der Waals surface area contributed by atoms with Crippen LogP contribution in [0.3, 0.4) is 0 Å². The molecule has 0 spiro atoms. The van der Waals surface area contributed by atoms with Crippen LogP contribution in [0.15, 0.2) is 42.6 Å². The van der Waals surface area contributed by atoms with Gasteiger partial charge < -0.3 is 11.1 Å². The van der Waals surface area contributed by atoms with Gasteiger partial charge in [0.05, 0.1) is 11.1 Å². The Kier molecular flexibility index (Phi) is 4.89. The molecule has 1 unspecified atom stereocenters. The van der Waals surface area contributed by atoms with Crippen LogP contribution >= 0.6 is 11.3 Å². The van der Waals surface area contributed by atoms with E-state index in [1.54, 1.807) is 6.20 Å². The number of anilines is 1. The Bertz CT molecular complexity index is 707. The van der Waals surface area contributed by atoms with Gasteiger partial charge in [0.25, 0.3) is 0 Å². The van der Waals surface area contributed by atoms with Crippen LogP contribution in [-0.2, 0) is 0 Å². The third kappa shape index (κ3) is 3.97. The summed E-state index contributed by atoms with van der Waals surface area (Å²) in [7, 11) is 0. The smallest absolute Gasteiger partial charge is 0.181 e. The highest BCUT2D eigenvalue weighted by molar-refractivity contribution is 7.15. The van der Waals surface area contributed by atoms with E-state index in [1.165, 1.54) is 22.5 Å². The predicted octanol–water partition coefficient (Wildman–Crippen LogP) is 3.30. The lowest BCUT2D eigenvalue weighted by molar-refractivity contribution is 0.508. The zero-order chi connectivity index (χ0) is 15.2. The minimum Gasteiger partial charge on any atom is -0.375 e. The van der Waals surface area contributed by atoms with Gasteiger partial charge in [-0.05, 0) is 24.0 Å². The van der Waals surface area contributed by atoms with Crippen LogP contribution in [0.2, 0.25) is 0 Å². The van der Waals surface area contributed by atoms with E-state index in [9.17, 15) is 0 Å². The van der Waals surface area contributed by atoms with Gasteiger partial charge in [0.1, 0.15) is 0 Å². The maximum atomic E-state index is 5.59. The molecular formula is C18H19N3S. The highest BCUT2D eigenvalue weighted by Crippen LogP contribution is 2.23. The number of nitrogens with one attached hydrogen (secondary N) is 1. The number of hydrogen-bond donors (Lipinski definition) is 2. The van der Waals surface area contributed by atoms with Crippen molar-refractivity contribution in [1.29, 1.82) is 0 Å². The summed E-state index contributed by atoms with van der Waals surface area (Å²) in [5.41, 5.74) is 8.36. The van der Waals surface area contributed by atoms with Crippen LogP contribution < -0.4 is 11.1 Å². The van der Waals surface area contributed by atoms with E-state index in [1.807, 2.05) is 0 Å². The molecule has 0 radical (unpaired) electrons. The highest BCUT2D eigenvalue weighted by Gasteiger charge is 2.15. The van der Waals surface area contributed by atoms with Crippen molar-refractivity contribution >= 4 is 22.0 Å². The zero-order valence-electron chi connectivity index (χ0n) is 12.4. The lowest BCUT2D eigenvalue weighted by Crippen LogP contribution is -2.32. The third-order valence-corrected chi connectivity index (χ3v) is 4.46. The summed E-state index contributed by atoms with van der Waals surface area (Å²) in [4.78, 5) is 4.95. The van der Waals surface area contributed by atoms with Crippen molar-refractivity contribution in [3.63, 3.8) is 0 Å². The molecule has 112 valence electrons. The maximum Gasteiger partial charge on any atom is 0.181 e. The molecule has 0 aliphatic carbocycles. The first-order valence-electron chi connectivity index (χ1n) is 7.49. The Hall–Kier alpha value is -2.09. The van der Waals surface area contributed by atoms with Crippen LogP contribution in [-0.4, -0.2) is 17.6 Å². The molecule has 0 bridgehead atoms. The summed E-state index contributed by atoms with van der Waals surface area (Å²) in [5, 5.41) is 4.13. The molecule has 2 heterocycles. The lowest BCUT2D eigenvalue weighted by Gasteiger charge is -2.24. The Balaban J connectivity index is 1.52. The van der Waals surface area contributed by atoms with Crippen LogP contribution in [0, 0.1) is 11.8 Å². The van der Waals surface area contributed by atoms with E-state index in [2.05, 4.69) is 58.5 Å². The molecule has 4 heteroatoms. The number of benzene rings is 1. The van der Waals surface area contributed by atoms with Gasteiger partial charge in [-0.25, -0.2) is 4.98 Å². The molecule has 2 aromatic rings. The lowest BCUT2D eigenvalue weighted by atomic mass is 9.93. The molecule has 1 aromatic carbocycles. The van der Waals surface area contributed by atoms with Crippen LogP contribution in [0.1, 0.15) is 29.7 Å². The number of rotatable bonds is 3. The van der Waals surface area contributed by atoms with Crippen molar-refractivity contribution in [2.24, 2.45) is 0 Å². The molecule has 0 fully saturated rings. The third-order valence-electron chi connectivity index (χ3n) is 3.72. The van der Waals surface area contributed by atoms with E-state index in [0.717, 1.165) is 30.7 Å². The van der Waals surface area contributed by atoms with Gasteiger partial charge in [-0.1, -0.05) is 59.6 Å². The van der Waals surface area contributed by atoms with Gasteiger partial charge in [0.15, 0.2) is 5.13 Å². The summed E-state index contributed by atoms with van der Waals surface area (Å²) in [5.74, 6) is 6.35. The van der Waals surface area contributed by atoms with Gasteiger partial charge in [-0.3, -0.25) is 0 Å². The van der Waals surface area contributed by atoms with Crippen LogP contribution in [0.25, 0.3) is 5.57 Å². The van der Waals surface area contributed by atoms with E-state index in [-0.39, 0.29) is 0 Å². The Labute approximate surface area is 135 Å². The first kappa shape index (κ1) is 14.8. The minimum absolute atomic E-state index is 0.501. The van der Waals surface area contributed by atoms with Crippen molar-refractivity contribution in [1.82, 2.24) is 10.3 Å². The first-order chi connectivity index (χ1) is 10.8. The fourth-order valence-electron chi connectivity index (χ4n) is 2.60. The zero-order valence-corrected chi connectivity index (χ0v) is 13.2.